The van der Waals surface area contributed by atoms with Crippen molar-refractivity contribution in [1.82, 2.24) is 14.5 Å². The van der Waals surface area contributed by atoms with Crippen LogP contribution in [0.1, 0.15) is 46.1 Å². The number of benzene rings is 2. The van der Waals surface area contributed by atoms with Crippen LogP contribution in [0, 0.1) is 17.8 Å². The van der Waals surface area contributed by atoms with Gasteiger partial charge in [-0.25, -0.2) is 13.2 Å². The summed E-state index contributed by atoms with van der Waals surface area (Å²) in [5, 5.41) is 18.0. The number of nitrogens with zero attached hydrogens (tertiary/aromatic N) is 2. The summed E-state index contributed by atoms with van der Waals surface area (Å²) in [6, 6.07) is 13.5. The van der Waals surface area contributed by atoms with Crippen LogP contribution in [0.5, 0.6) is 0 Å². The third kappa shape index (κ3) is 9.39. The van der Waals surface area contributed by atoms with Crippen molar-refractivity contribution in [2.24, 2.45) is 17.8 Å². The summed E-state index contributed by atoms with van der Waals surface area (Å²) in [7, 11) is -4.06. The standard InChI is InChI=1S/C35H53N5O7S/c1-23(2)18-39-14-12-26(20-39)37-30-17-27(10-11-29(30)36)48(43,44)40(19-24(3)4)21-32(41)31(16-25-8-6-5-7-9-25)38-35(42)47-33-22-46-34-28(33)13-15-45-34/h5-11,17,23-24,26,28,31-34,37,41H,12-16,18-22,36H2,1-4H3,(H,38,42). The second kappa shape index (κ2) is 16.2. The molecular formula is C35H53N5O7S. The van der Waals surface area contributed by atoms with Crippen LogP contribution in [0.3, 0.4) is 0 Å². The predicted octanol–water partition coefficient (Wildman–Crippen LogP) is 3.52. The van der Waals surface area contributed by atoms with E-state index in [1.165, 1.54) is 10.4 Å². The summed E-state index contributed by atoms with van der Waals surface area (Å²) in [5.74, 6) is 0.500. The SMILES string of the molecule is CC(C)CN1CCC(Nc2cc(S(=O)(=O)N(CC(C)C)CC(O)C(Cc3ccccc3)NC(=O)OC3COC4OCCC34)ccc2N)C1. The Hall–Kier alpha value is -2.94. The molecule has 2 aromatic rings. The Balaban J connectivity index is 1.31. The highest BCUT2D eigenvalue weighted by molar-refractivity contribution is 7.89. The lowest BCUT2D eigenvalue weighted by molar-refractivity contribution is -0.0907. The van der Waals surface area contributed by atoms with E-state index >= 15 is 0 Å². The molecule has 1 amide bonds. The van der Waals surface area contributed by atoms with Crippen LogP contribution < -0.4 is 16.4 Å². The minimum absolute atomic E-state index is 0.0294. The molecule has 0 saturated carbocycles. The first-order chi connectivity index (χ1) is 22.9. The van der Waals surface area contributed by atoms with Gasteiger partial charge >= 0.3 is 6.09 Å². The predicted molar refractivity (Wildman–Crippen MR) is 185 cm³/mol. The molecule has 0 aliphatic carbocycles. The van der Waals surface area contributed by atoms with Gasteiger partial charge in [-0.3, -0.25) is 0 Å². The van der Waals surface area contributed by atoms with Crippen LogP contribution in [0.15, 0.2) is 53.4 Å². The van der Waals surface area contributed by atoms with Crippen LogP contribution >= 0.6 is 0 Å². The van der Waals surface area contributed by atoms with Gasteiger partial charge in [0.15, 0.2) is 6.29 Å². The summed E-state index contributed by atoms with van der Waals surface area (Å²) in [4.78, 5) is 15.7. The van der Waals surface area contributed by atoms with E-state index in [2.05, 4.69) is 29.4 Å². The number of alkyl carbamates (subject to hydrolysis) is 1. The van der Waals surface area contributed by atoms with Crippen molar-refractivity contribution in [3.05, 3.63) is 54.1 Å². The van der Waals surface area contributed by atoms with Crippen molar-refractivity contribution < 1.29 is 32.5 Å². The zero-order valence-corrected chi connectivity index (χ0v) is 29.4. The van der Waals surface area contributed by atoms with Gasteiger partial charge in [0.2, 0.25) is 10.0 Å². The Kier molecular flexibility index (Phi) is 12.2. The maximum atomic E-state index is 14.2. The number of aliphatic hydroxyl groups is 1. The summed E-state index contributed by atoms with van der Waals surface area (Å²) in [5.41, 5.74) is 8.25. The Morgan fingerprint density at radius 1 is 1.08 bits per heavy atom. The average Bonchev–Trinajstić information content (AvgIpc) is 3.77. The summed E-state index contributed by atoms with van der Waals surface area (Å²) >= 11 is 0. The number of likely N-dealkylation sites (tertiary alicyclic amines) is 1. The van der Waals surface area contributed by atoms with Gasteiger partial charge < -0.3 is 40.6 Å². The third-order valence-corrected chi connectivity index (χ3v) is 11.0. The van der Waals surface area contributed by atoms with Gasteiger partial charge in [0, 0.05) is 38.8 Å². The number of amides is 1. The number of aliphatic hydroxyl groups excluding tert-OH is 1. The molecular weight excluding hydrogens is 634 g/mol. The first-order valence-corrected chi connectivity index (χ1v) is 18.6. The van der Waals surface area contributed by atoms with Crippen molar-refractivity contribution in [3.8, 4) is 0 Å². The number of rotatable bonds is 15. The number of hydrogen-bond donors (Lipinski definition) is 4. The maximum Gasteiger partial charge on any atom is 0.407 e. The molecule has 266 valence electrons. The maximum absolute atomic E-state index is 14.2. The molecule has 5 rings (SSSR count). The fourth-order valence-corrected chi connectivity index (χ4v) is 8.51. The van der Waals surface area contributed by atoms with Gasteiger partial charge in [-0.1, -0.05) is 58.0 Å². The van der Waals surface area contributed by atoms with Crippen LogP contribution in [0.25, 0.3) is 0 Å². The lowest BCUT2D eigenvalue weighted by atomic mass is 10.0. The number of ether oxygens (including phenoxy) is 3. The van der Waals surface area contributed by atoms with Crippen molar-refractivity contribution in [1.29, 1.82) is 0 Å². The smallest absolute Gasteiger partial charge is 0.407 e. The first kappa shape index (κ1) is 36.3. The number of nitrogens with one attached hydrogen (secondary N) is 2. The van der Waals surface area contributed by atoms with Crippen molar-refractivity contribution in [2.75, 3.05) is 57.0 Å². The largest absolute Gasteiger partial charge is 0.443 e. The van der Waals surface area contributed by atoms with Crippen LogP contribution in [0.2, 0.25) is 0 Å². The van der Waals surface area contributed by atoms with Gasteiger partial charge in [0.1, 0.15) is 6.10 Å². The van der Waals surface area contributed by atoms with Gasteiger partial charge in [-0.2, -0.15) is 4.31 Å². The van der Waals surface area contributed by atoms with Gasteiger partial charge in [-0.05, 0) is 54.9 Å². The Labute approximate surface area is 285 Å². The topological polar surface area (TPSA) is 156 Å². The Morgan fingerprint density at radius 3 is 2.58 bits per heavy atom. The third-order valence-electron chi connectivity index (χ3n) is 9.19. The van der Waals surface area contributed by atoms with Crippen LogP contribution in [-0.2, 0) is 30.7 Å². The van der Waals surface area contributed by atoms with Crippen molar-refractivity contribution in [2.45, 2.75) is 82.4 Å². The molecule has 0 aromatic heterocycles. The fourth-order valence-electron chi connectivity index (χ4n) is 6.86. The summed E-state index contributed by atoms with van der Waals surface area (Å²) < 4.78 is 46.6. The van der Waals surface area contributed by atoms with E-state index in [4.69, 9.17) is 19.9 Å². The normalized spacial score (nSPS) is 24.2. The number of nitrogen functional groups attached to an aromatic ring is 1. The molecule has 0 spiro atoms. The minimum atomic E-state index is -4.06. The molecule has 5 N–H and O–H groups in total. The molecule has 0 radical (unpaired) electrons. The Bertz CT molecular complexity index is 1460. The molecule has 0 bridgehead atoms. The number of carbonyl (C=O) groups excluding carboxylic acids is 1. The number of anilines is 2. The highest BCUT2D eigenvalue weighted by Gasteiger charge is 2.44. The number of hydrogen-bond acceptors (Lipinski definition) is 10. The van der Waals surface area contributed by atoms with E-state index in [9.17, 15) is 18.3 Å². The molecule has 13 heteroatoms. The number of sulfonamides is 1. The molecule has 3 aliphatic heterocycles. The number of fused-ring (bicyclic) bond motifs is 1. The second-order valence-corrected chi connectivity index (χ2v) is 16.2. The van der Waals surface area contributed by atoms with E-state index in [0.717, 1.165) is 38.0 Å². The summed E-state index contributed by atoms with van der Waals surface area (Å²) in [6.07, 6.45) is -0.816. The van der Waals surface area contributed by atoms with E-state index in [1.54, 1.807) is 12.1 Å². The van der Waals surface area contributed by atoms with Crippen molar-refractivity contribution >= 4 is 27.5 Å². The molecule has 3 saturated heterocycles. The monoisotopic (exact) mass is 687 g/mol. The van der Waals surface area contributed by atoms with E-state index in [1.807, 2.05) is 44.2 Å². The molecule has 6 atom stereocenters. The lowest BCUT2D eigenvalue weighted by Crippen LogP contribution is -2.51. The Morgan fingerprint density at radius 2 is 1.85 bits per heavy atom. The number of nitrogens with two attached hydrogens (primary N) is 1. The molecule has 3 fully saturated rings. The average molecular weight is 688 g/mol. The molecule has 48 heavy (non-hydrogen) atoms. The summed E-state index contributed by atoms with van der Waals surface area (Å²) in [6.45, 7) is 11.8. The zero-order valence-electron chi connectivity index (χ0n) is 28.6. The van der Waals surface area contributed by atoms with Gasteiger partial charge in [-0.15, -0.1) is 0 Å². The fraction of sp³-hybridized carbons (Fsp3) is 0.629. The minimum Gasteiger partial charge on any atom is -0.443 e. The molecule has 12 nitrogen and oxygen atoms in total. The van der Waals surface area contributed by atoms with Gasteiger partial charge in [0.05, 0.1) is 47.5 Å². The van der Waals surface area contributed by atoms with E-state index < -0.39 is 34.4 Å². The number of carbonyl (C=O) groups is 1. The quantitative estimate of drug-likeness (QED) is 0.205. The van der Waals surface area contributed by atoms with E-state index in [0.29, 0.717) is 23.9 Å². The second-order valence-electron chi connectivity index (χ2n) is 14.2. The zero-order chi connectivity index (χ0) is 34.4. The van der Waals surface area contributed by atoms with E-state index in [-0.39, 0.29) is 55.2 Å². The van der Waals surface area contributed by atoms with Crippen LogP contribution in [0.4, 0.5) is 16.2 Å². The molecule has 3 heterocycles. The molecule has 2 aromatic carbocycles. The highest BCUT2D eigenvalue weighted by Crippen LogP contribution is 2.33. The van der Waals surface area contributed by atoms with Gasteiger partial charge in [0.25, 0.3) is 0 Å². The van der Waals surface area contributed by atoms with Crippen molar-refractivity contribution in [3.63, 3.8) is 0 Å². The molecule has 3 aliphatic rings. The van der Waals surface area contributed by atoms with Crippen LogP contribution in [-0.4, -0.2) is 105 Å². The first-order valence-electron chi connectivity index (χ1n) is 17.2. The molecule has 6 unspecified atom stereocenters. The highest BCUT2D eigenvalue weighted by atomic mass is 32.2. The lowest BCUT2D eigenvalue weighted by Gasteiger charge is -2.31.